The van der Waals surface area contributed by atoms with Crippen LogP contribution in [0.1, 0.15) is 39.0 Å². The maximum absolute atomic E-state index is 5.34. The van der Waals surface area contributed by atoms with Crippen molar-refractivity contribution in [3.05, 3.63) is 4.77 Å². The molecule has 0 radical (unpaired) electrons. The quantitative estimate of drug-likeness (QED) is 0.849. The van der Waals surface area contributed by atoms with Crippen molar-refractivity contribution in [2.24, 2.45) is 5.92 Å². The van der Waals surface area contributed by atoms with Gasteiger partial charge >= 0.3 is 0 Å². The van der Waals surface area contributed by atoms with Crippen molar-refractivity contribution in [3.8, 4) is 0 Å². The van der Waals surface area contributed by atoms with Crippen LogP contribution >= 0.6 is 12.2 Å². The maximum atomic E-state index is 5.34. The van der Waals surface area contributed by atoms with Crippen LogP contribution in [-0.2, 0) is 6.54 Å². The Kier molecular flexibility index (Phi) is 4.95. The fraction of sp³-hybridized carbons (Fsp3) is 0.867. The largest absolute Gasteiger partial charge is 0.341 e. The van der Waals surface area contributed by atoms with E-state index in [2.05, 4.69) is 31.5 Å². The van der Waals surface area contributed by atoms with Gasteiger partial charge in [-0.05, 0) is 63.3 Å². The molecule has 1 N–H and O–H groups in total. The van der Waals surface area contributed by atoms with Gasteiger partial charge in [-0.1, -0.05) is 6.92 Å². The summed E-state index contributed by atoms with van der Waals surface area (Å²) in [5.41, 5.74) is 0. The molecule has 0 aromatic carbocycles. The molecule has 0 atom stereocenters. The number of nitrogens with zero attached hydrogens (tertiary/aromatic N) is 4. The van der Waals surface area contributed by atoms with E-state index in [1.54, 1.807) is 0 Å². The van der Waals surface area contributed by atoms with E-state index in [0.717, 1.165) is 42.7 Å². The van der Waals surface area contributed by atoms with Gasteiger partial charge < -0.3 is 9.80 Å². The average Bonchev–Trinajstić information content (AvgIpc) is 3.12. The highest BCUT2D eigenvalue weighted by atomic mass is 32.1. The molecule has 3 rings (SSSR count). The summed E-state index contributed by atoms with van der Waals surface area (Å²) in [5, 5.41) is 7.40. The summed E-state index contributed by atoms with van der Waals surface area (Å²) < 4.78 is 2.90. The molecule has 0 aliphatic carbocycles. The van der Waals surface area contributed by atoms with Gasteiger partial charge in [-0.15, -0.1) is 5.10 Å². The Morgan fingerprint density at radius 3 is 2.57 bits per heavy atom. The van der Waals surface area contributed by atoms with Crippen molar-refractivity contribution in [3.63, 3.8) is 0 Å². The van der Waals surface area contributed by atoms with Gasteiger partial charge in [0.1, 0.15) is 0 Å². The van der Waals surface area contributed by atoms with E-state index in [0.29, 0.717) is 0 Å². The van der Waals surface area contributed by atoms with E-state index >= 15 is 0 Å². The summed E-state index contributed by atoms with van der Waals surface area (Å²) in [6.07, 6.45) is 6.44. The number of aromatic nitrogens is 3. The van der Waals surface area contributed by atoms with Crippen LogP contribution in [0.3, 0.4) is 0 Å². The first-order chi connectivity index (χ1) is 10.3. The number of piperidine rings is 1. The zero-order valence-corrected chi connectivity index (χ0v) is 13.9. The van der Waals surface area contributed by atoms with Crippen molar-refractivity contribution in [2.75, 3.05) is 37.6 Å². The van der Waals surface area contributed by atoms with Gasteiger partial charge in [0.15, 0.2) is 4.77 Å². The van der Waals surface area contributed by atoms with Gasteiger partial charge in [-0.2, -0.15) is 0 Å². The first-order valence-corrected chi connectivity index (χ1v) is 8.81. The number of anilines is 1. The number of rotatable bonds is 5. The summed E-state index contributed by atoms with van der Waals surface area (Å²) in [6.45, 7) is 9.29. The van der Waals surface area contributed by atoms with Crippen LogP contribution in [0.2, 0.25) is 0 Å². The number of likely N-dealkylation sites (tertiary alicyclic amines) is 1. The van der Waals surface area contributed by atoms with Crippen molar-refractivity contribution in [1.82, 2.24) is 19.7 Å². The van der Waals surface area contributed by atoms with Crippen LogP contribution in [0, 0.1) is 10.7 Å². The molecule has 2 saturated heterocycles. The van der Waals surface area contributed by atoms with Crippen LogP contribution in [0.5, 0.6) is 0 Å². The highest BCUT2D eigenvalue weighted by molar-refractivity contribution is 7.71. The lowest BCUT2D eigenvalue weighted by atomic mass is 9.96. The molecule has 0 unspecified atom stereocenters. The normalized spacial score (nSPS) is 21.3. The first kappa shape index (κ1) is 15.0. The molecule has 2 aliphatic rings. The zero-order valence-electron chi connectivity index (χ0n) is 13.1. The predicted molar refractivity (Wildman–Crippen MR) is 88.3 cm³/mol. The van der Waals surface area contributed by atoms with Gasteiger partial charge in [0, 0.05) is 26.2 Å². The monoisotopic (exact) mass is 309 g/mol. The topological polar surface area (TPSA) is 40.1 Å². The van der Waals surface area contributed by atoms with Crippen LogP contribution in [0.25, 0.3) is 0 Å². The van der Waals surface area contributed by atoms with Crippen molar-refractivity contribution < 1.29 is 0 Å². The molecule has 1 aromatic heterocycles. The molecule has 118 valence electrons. The van der Waals surface area contributed by atoms with E-state index in [9.17, 15) is 0 Å². The summed E-state index contributed by atoms with van der Waals surface area (Å²) in [7, 11) is 0. The molecule has 0 saturated carbocycles. The fourth-order valence-electron chi connectivity index (χ4n) is 3.62. The highest BCUT2D eigenvalue weighted by Gasteiger charge is 2.25. The molecule has 3 heterocycles. The molecule has 0 spiro atoms. The van der Waals surface area contributed by atoms with Crippen LogP contribution in [-0.4, -0.2) is 52.4 Å². The minimum absolute atomic E-state index is 0.756. The molecule has 6 heteroatoms. The van der Waals surface area contributed by atoms with Gasteiger partial charge in [0.05, 0.1) is 0 Å². The van der Waals surface area contributed by atoms with E-state index < -0.39 is 0 Å². The Balaban J connectivity index is 1.56. The molecular formula is C15H27N5S. The summed E-state index contributed by atoms with van der Waals surface area (Å²) >= 11 is 5.34. The van der Waals surface area contributed by atoms with E-state index in [1.165, 1.54) is 45.3 Å². The van der Waals surface area contributed by atoms with Crippen molar-refractivity contribution in [2.45, 2.75) is 45.6 Å². The third-order valence-electron chi connectivity index (χ3n) is 4.80. The molecule has 2 fully saturated rings. The van der Waals surface area contributed by atoms with E-state index in [4.69, 9.17) is 12.2 Å². The fourth-order valence-corrected chi connectivity index (χ4v) is 3.84. The zero-order chi connectivity index (χ0) is 14.7. The number of H-pyrrole nitrogens is 1. The molecule has 0 bridgehead atoms. The van der Waals surface area contributed by atoms with Crippen molar-refractivity contribution in [1.29, 1.82) is 0 Å². The second-order valence-corrected chi connectivity index (χ2v) is 6.81. The van der Waals surface area contributed by atoms with Crippen molar-refractivity contribution >= 4 is 18.2 Å². The van der Waals surface area contributed by atoms with Gasteiger partial charge in [-0.3, -0.25) is 4.57 Å². The Morgan fingerprint density at radius 2 is 1.90 bits per heavy atom. The molecule has 21 heavy (non-hydrogen) atoms. The Hall–Kier alpha value is -0.880. The minimum Gasteiger partial charge on any atom is -0.341 e. The lowest BCUT2D eigenvalue weighted by Crippen LogP contribution is -2.39. The van der Waals surface area contributed by atoms with Gasteiger partial charge in [0.2, 0.25) is 5.95 Å². The summed E-state index contributed by atoms with van der Waals surface area (Å²) in [5.74, 6) is 1.90. The maximum Gasteiger partial charge on any atom is 0.225 e. The van der Waals surface area contributed by atoms with Crippen LogP contribution < -0.4 is 4.90 Å². The lowest BCUT2D eigenvalue weighted by Gasteiger charge is -2.34. The number of aromatic amines is 1. The second-order valence-electron chi connectivity index (χ2n) is 6.42. The van der Waals surface area contributed by atoms with Crippen LogP contribution in [0.15, 0.2) is 0 Å². The Labute approximate surface area is 132 Å². The molecule has 2 aliphatic heterocycles. The standard InChI is InChI=1S/C15H27N5S/c1-2-7-20-14(16-17-15(20)21)19-10-5-13(6-11-19)12-18-8-3-4-9-18/h13H,2-12H2,1H3,(H,17,21). The SMILES string of the molecule is CCCn1c(N2CCC(CN3CCCC3)CC2)n[nH]c1=S. The highest BCUT2D eigenvalue weighted by Crippen LogP contribution is 2.24. The lowest BCUT2D eigenvalue weighted by molar-refractivity contribution is 0.248. The van der Waals surface area contributed by atoms with E-state index in [-0.39, 0.29) is 0 Å². The molecule has 1 aromatic rings. The molecule has 5 nitrogen and oxygen atoms in total. The van der Waals surface area contributed by atoms with Crippen LogP contribution in [0.4, 0.5) is 5.95 Å². The number of hydrogen-bond donors (Lipinski definition) is 1. The molecular weight excluding hydrogens is 282 g/mol. The van der Waals surface area contributed by atoms with E-state index in [1.807, 2.05) is 0 Å². The molecule has 0 amide bonds. The summed E-state index contributed by atoms with van der Waals surface area (Å²) in [4.78, 5) is 5.05. The van der Waals surface area contributed by atoms with Gasteiger partial charge in [-0.25, -0.2) is 5.10 Å². The average molecular weight is 309 g/mol. The smallest absolute Gasteiger partial charge is 0.225 e. The Morgan fingerprint density at radius 1 is 1.19 bits per heavy atom. The second kappa shape index (κ2) is 6.92. The van der Waals surface area contributed by atoms with Gasteiger partial charge in [0.25, 0.3) is 0 Å². The summed E-state index contributed by atoms with van der Waals surface area (Å²) in [6, 6.07) is 0. The number of nitrogens with one attached hydrogen (secondary N) is 1. The number of hydrogen-bond acceptors (Lipinski definition) is 4. The third kappa shape index (κ3) is 3.48. The third-order valence-corrected chi connectivity index (χ3v) is 5.11. The minimum atomic E-state index is 0.756. The predicted octanol–water partition coefficient (Wildman–Crippen LogP) is 2.66. The first-order valence-electron chi connectivity index (χ1n) is 8.40. The Bertz CT molecular complexity index is 494.